The number of halogens is 1. The summed E-state index contributed by atoms with van der Waals surface area (Å²) in [6, 6.07) is 5.29. The highest BCUT2D eigenvalue weighted by Crippen LogP contribution is 2.23. The van der Waals surface area contributed by atoms with Gasteiger partial charge >= 0.3 is 0 Å². The minimum atomic E-state index is -0.421. The Labute approximate surface area is 139 Å². The van der Waals surface area contributed by atoms with Crippen LogP contribution < -0.4 is 10.2 Å². The highest BCUT2D eigenvalue weighted by Gasteiger charge is 2.18. The van der Waals surface area contributed by atoms with E-state index in [4.69, 9.17) is 11.6 Å². The van der Waals surface area contributed by atoms with Crippen LogP contribution in [0.25, 0.3) is 0 Å². The van der Waals surface area contributed by atoms with Gasteiger partial charge in [-0.05, 0) is 38.0 Å². The average molecular weight is 332 g/mol. The van der Waals surface area contributed by atoms with E-state index in [-0.39, 0.29) is 5.91 Å². The van der Waals surface area contributed by atoms with Gasteiger partial charge in [0.05, 0.1) is 35.4 Å². The Bertz CT molecular complexity index is 685. The SMILES string of the molecule is CC(C(=O)Nc1cncc(N2CCCC2)c1)c1ccc(Cl)nn1. The fourth-order valence-corrected chi connectivity index (χ4v) is 2.69. The number of amides is 1. The van der Waals surface area contributed by atoms with Gasteiger partial charge in [-0.1, -0.05) is 11.6 Å². The van der Waals surface area contributed by atoms with Crippen LogP contribution in [-0.4, -0.2) is 34.2 Å². The van der Waals surface area contributed by atoms with E-state index in [2.05, 4.69) is 25.4 Å². The molecular weight excluding hydrogens is 314 g/mol. The Kier molecular flexibility index (Phi) is 4.71. The number of hydrogen-bond acceptors (Lipinski definition) is 5. The van der Waals surface area contributed by atoms with Gasteiger partial charge < -0.3 is 10.2 Å². The minimum absolute atomic E-state index is 0.151. The fraction of sp³-hybridized carbons (Fsp3) is 0.375. The van der Waals surface area contributed by atoms with Crippen molar-refractivity contribution >= 4 is 28.9 Å². The second kappa shape index (κ2) is 6.91. The standard InChI is InChI=1S/C16H18ClN5O/c1-11(14-4-5-15(17)21-20-14)16(23)19-12-8-13(10-18-9-12)22-6-2-3-7-22/h4-5,8-11H,2-3,6-7H2,1H3,(H,19,23). The number of rotatable bonds is 4. The summed E-state index contributed by atoms with van der Waals surface area (Å²) in [5.74, 6) is -0.572. The second-order valence-corrected chi connectivity index (χ2v) is 6.01. The molecule has 0 spiro atoms. The predicted octanol–water partition coefficient (Wildman–Crippen LogP) is 2.87. The van der Waals surface area contributed by atoms with Gasteiger partial charge in [-0.15, -0.1) is 5.10 Å². The van der Waals surface area contributed by atoms with Crippen molar-refractivity contribution in [2.24, 2.45) is 0 Å². The van der Waals surface area contributed by atoms with Crippen molar-refractivity contribution in [3.05, 3.63) is 41.4 Å². The van der Waals surface area contributed by atoms with E-state index in [1.54, 1.807) is 25.3 Å². The smallest absolute Gasteiger partial charge is 0.233 e. The van der Waals surface area contributed by atoms with Crippen LogP contribution in [0.4, 0.5) is 11.4 Å². The van der Waals surface area contributed by atoms with Gasteiger partial charge in [-0.25, -0.2) is 0 Å². The molecule has 6 nitrogen and oxygen atoms in total. The van der Waals surface area contributed by atoms with Crippen molar-refractivity contribution in [3.8, 4) is 0 Å². The molecule has 1 atom stereocenters. The zero-order valence-corrected chi connectivity index (χ0v) is 13.6. The Hall–Kier alpha value is -2.21. The first-order valence-corrected chi connectivity index (χ1v) is 8.01. The van der Waals surface area contributed by atoms with E-state index in [0.717, 1.165) is 18.8 Å². The van der Waals surface area contributed by atoms with E-state index in [9.17, 15) is 4.79 Å². The van der Waals surface area contributed by atoms with Crippen molar-refractivity contribution in [1.82, 2.24) is 15.2 Å². The number of carbonyl (C=O) groups excluding carboxylic acids is 1. The van der Waals surface area contributed by atoms with Crippen molar-refractivity contribution in [3.63, 3.8) is 0 Å². The molecule has 2 aromatic heterocycles. The lowest BCUT2D eigenvalue weighted by atomic mass is 10.1. The molecule has 0 aliphatic carbocycles. The van der Waals surface area contributed by atoms with Crippen molar-refractivity contribution in [2.45, 2.75) is 25.7 Å². The number of nitrogens with zero attached hydrogens (tertiary/aromatic N) is 4. The van der Waals surface area contributed by atoms with Crippen LogP contribution in [0.5, 0.6) is 0 Å². The highest BCUT2D eigenvalue weighted by atomic mass is 35.5. The summed E-state index contributed by atoms with van der Waals surface area (Å²) < 4.78 is 0. The molecule has 0 saturated carbocycles. The minimum Gasteiger partial charge on any atom is -0.370 e. The average Bonchev–Trinajstić information content (AvgIpc) is 3.10. The number of carbonyl (C=O) groups is 1. The molecule has 1 N–H and O–H groups in total. The molecule has 1 saturated heterocycles. The molecule has 0 aromatic carbocycles. The van der Waals surface area contributed by atoms with Gasteiger partial charge in [-0.2, -0.15) is 5.10 Å². The van der Waals surface area contributed by atoms with Gasteiger partial charge in [0.25, 0.3) is 0 Å². The fourth-order valence-electron chi connectivity index (χ4n) is 2.59. The molecule has 3 heterocycles. The highest BCUT2D eigenvalue weighted by molar-refractivity contribution is 6.29. The zero-order chi connectivity index (χ0) is 16.2. The van der Waals surface area contributed by atoms with Crippen LogP contribution in [0.3, 0.4) is 0 Å². The van der Waals surface area contributed by atoms with Crippen LogP contribution in [0.2, 0.25) is 5.15 Å². The summed E-state index contributed by atoms with van der Waals surface area (Å²) in [4.78, 5) is 18.9. The molecule has 0 bridgehead atoms. The van der Waals surface area contributed by atoms with E-state index < -0.39 is 5.92 Å². The molecule has 1 aliphatic heterocycles. The van der Waals surface area contributed by atoms with Gasteiger partial charge in [0.1, 0.15) is 0 Å². The van der Waals surface area contributed by atoms with E-state index in [1.807, 2.05) is 12.3 Å². The van der Waals surface area contributed by atoms with Gasteiger partial charge in [0, 0.05) is 13.1 Å². The molecule has 0 radical (unpaired) electrons. The predicted molar refractivity (Wildman–Crippen MR) is 89.8 cm³/mol. The molecule has 23 heavy (non-hydrogen) atoms. The summed E-state index contributed by atoms with van der Waals surface area (Å²) in [6.45, 7) is 3.86. The summed E-state index contributed by atoms with van der Waals surface area (Å²) >= 11 is 5.72. The maximum absolute atomic E-state index is 12.4. The van der Waals surface area contributed by atoms with E-state index in [1.165, 1.54) is 12.8 Å². The molecule has 120 valence electrons. The number of aromatic nitrogens is 3. The lowest BCUT2D eigenvalue weighted by Gasteiger charge is -2.18. The summed E-state index contributed by atoms with van der Waals surface area (Å²) in [5, 5.41) is 10.9. The Morgan fingerprint density at radius 1 is 1.26 bits per heavy atom. The summed E-state index contributed by atoms with van der Waals surface area (Å²) in [7, 11) is 0. The van der Waals surface area contributed by atoms with Gasteiger partial charge in [0.2, 0.25) is 5.91 Å². The number of anilines is 2. The van der Waals surface area contributed by atoms with Crippen molar-refractivity contribution < 1.29 is 4.79 Å². The normalized spacial score (nSPS) is 15.5. The van der Waals surface area contributed by atoms with Crippen LogP contribution in [0, 0.1) is 0 Å². The maximum Gasteiger partial charge on any atom is 0.233 e. The third-order valence-electron chi connectivity index (χ3n) is 3.95. The first-order valence-electron chi connectivity index (χ1n) is 7.63. The van der Waals surface area contributed by atoms with Crippen LogP contribution in [-0.2, 0) is 4.79 Å². The van der Waals surface area contributed by atoms with E-state index >= 15 is 0 Å². The third-order valence-corrected chi connectivity index (χ3v) is 4.15. The Balaban J connectivity index is 1.69. The lowest BCUT2D eigenvalue weighted by Crippen LogP contribution is -2.21. The summed E-state index contributed by atoms with van der Waals surface area (Å²) in [6.07, 6.45) is 5.87. The molecule has 7 heteroatoms. The molecule has 1 unspecified atom stereocenters. The van der Waals surface area contributed by atoms with E-state index in [0.29, 0.717) is 16.5 Å². The largest absolute Gasteiger partial charge is 0.370 e. The molecule has 2 aromatic rings. The first kappa shape index (κ1) is 15.7. The Morgan fingerprint density at radius 2 is 2.04 bits per heavy atom. The van der Waals surface area contributed by atoms with Crippen LogP contribution >= 0.6 is 11.6 Å². The molecule has 1 amide bonds. The molecule has 3 rings (SSSR count). The van der Waals surface area contributed by atoms with Crippen molar-refractivity contribution in [1.29, 1.82) is 0 Å². The monoisotopic (exact) mass is 331 g/mol. The number of hydrogen-bond donors (Lipinski definition) is 1. The van der Waals surface area contributed by atoms with Gasteiger partial charge in [0.15, 0.2) is 5.15 Å². The summed E-state index contributed by atoms with van der Waals surface area (Å²) in [5.41, 5.74) is 2.31. The van der Waals surface area contributed by atoms with Crippen LogP contribution in [0.1, 0.15) is 31.4 Å². The second-order valence-electron chi connectivity index (χ2n) is 5.62. The van der Waals surface area contributed by atoms with Crippen LogP contribution in [0.15, 0.2) is 30.6 Å². The first-order chi connectivity index (χ1) is 11.1. The lowest BCUT2D eigenvalue weighted by molar-refractivity contribution is -0.117. The topological polar surface area (TPSA) is 71.0 Å². The molecule has 1 aliphatic rings. The third kappa shape index (κ3) is 3.76. The Morgan fingerprint density at radius 3 is 2.74 bits per heavy atom. The molecule has 1 fully saturated rings. The number of pyridine rings is 1. The van der Waals surface area contributed by atoms with Crippen molar-refractivity contribution in [2.75, 3.05) is 23.3 Å². The maximum atomic E-state index is 12.4. The molecular formula is C16H18ClN5O. The van der Waals surface area contributed by atoms with Gasteiger partial charge in [-0.3, -0.25) is 9.78 Å². The number of nitrogens with one attached hydrogen (secondary N) is 1. The zero-order valence-electron chi connectivity index (χ0n) is 12.9. The quantitative estimate of drug-likeness (QED) is 0.932.